The van der Waals surface area contributed by atoms with Gasteiger partial charge in [0.2, 0.25) is 0 Å². The summed E-state index contributed by atoms with van der Waals surface area (Å²) in [6.45, 7) is 7.41. The second-order valence-corrected chi connectivity index (χ2v) is 6.46. The quantitative estimate of drug-likeness (QED) is 0.641. The van der Waals surface area contributed by atoms with Gasteiger partial charge in [-0.3, -0.25) is 0 Å². The molecule has 2 nitrogen and oxygen atoms in total. The third kappa shape index (κ3) is 6.87. The van der Waals surface area contributed by atoms with Crippen molar-refractivity contribution in [3.63, 3.8) is 0 Å². The summed E-state index contributed by atoms with van der Waals surface area (Å²) >= 11 is 3.66. The molecular formula is C17H28BrNO. The normalized spacial score (nSPS) is 14.2. The van der Waals surface area contributed by atoms with E-state index in [-0.39, 0.29) is 0 Å². The van der Waals surface area contributed by atoms with Crippen LogP contribution in [0.4, 0.5) is 0 Å². The third-order valence-corrected chi connectivity index (χ3v) is 4.59. The van der Waals surface area contributed by atoms with E-state index in [2.05, 4.69) is 59.4 Å². The van der Waals surface area contributed by atoms with Crippen LogP contribution in [0.1, 0.15) is 32.3 Å². The van der Waals surface area contributed by atoms with Gasteiger partial charge in [0, 0.05) is 18.1 Å². The summed E-state index contributed by atoms with van der Waals surface area (Å²) in [5, 5.41) is 3.52. The first-order chi connectivity index (χ1) is 9.67. The fourth-order valence-electron chi connectivity index (χ4n) is 2.43. The molecule has 0 heterocycles. The smallest absolute Gasteiger partial charge is 0.0587 e. The highest BCUT2D eigenvalue weighted by molar-refractivity contribution is 9.10. The molecule has 1 aromatic carbocycles. The molecule has 0 fully saturated rings. The van der Waals surface area contributed by atoms with Crippen molar-refractivity contribution < 1.29 is 4.74 Å². The molecule has 0 spiro atoms. The first kappa shape index (κ1) is 17.7. The average molecular weight is 342 g/mol. The van der Waals surface area contributed by atoms with Gasteiger partial charge in [-0.2, -0.15) is 0 Å². The van der Waals surface area contributed by atoms with Crippen LogP contribution < -0.4 is 5.32 Å². The van der Waals surface area contributed by atoms with Crippen molar-refractivity contribution >= 4 is 15.9 Å². The van der Waals surface area contributed by atoms with E-state index in [0.717, 1.165) is 32.0 Å². The van der Waals surface area contributed by atoms with Gasteiger partial charge >= 0.3 is 0 Å². The topological polar surface area (TPSA) is 21.3 Å². The third-order valence-electron chi connectivity index (χ3n) is 3.82. The molecule has 1 N–H and O–H groups in total. The average Bonchev–Trinajstić information content (AvgIpc) is 2.45. The van der Waals surface area contributed by atoms with E-state index in [1.165, 1.54) is 22.9 Å². The van der Waals surface area contributed by atoms with E-state index in [1.54, 1.807) is 7.11 Å². The molecule has 0 bridgehead atoms. The summed E-state index contributed by atoms with van der Waals surface area (Å²) in [5.74, 6) is 1.47. The number of hydrogen-bond donors (Lipinski definition) is 1. The summed E-state index contributed by atoms with van der Waals surface area (Å²) in [5.41, 5.74) is 1.41. The summed E-state index contributed by atoms with van der Waals surface area (Å²) in [6.07, 6.45) is 3.66. The first-order valence-electron chi connectivity index (χ1n) is 7.60. The predicted octanol–water partition coefficient (Wildman–Crippen LogP) is 4.28. The Morgan fingerprint density at radius 3 is 2.70 bits per heavy atom. The van der Waals surface area contributed by atoms with Crippen molar-refractivity contribution in [3.8, 4) is 0 Å². The lowest BCUT2D eigenvalue weighted by atomic mass is 9.89. The maximum absolute atomic E-state index is 5.09. The molecule has 3 heteroatoms. The van der Waals surface area contributed by atoms with Crippen LogP contribution >= 0.6 is 15.9 Å². The second-order valence-electron chi connectivity index (χ2n) is 5.61. The Bertz CT molecular complexity index is 370. The van der Waals surface area contributed by atoms with Crippen molar-refractivity contribution in [2.45, 2.75) is 33.1 Å². The van der Waals surface area contributed by atoms with Crippen molar-refractivity contribution in [2.24, 2.45) is 11.8 Å². The van der Waals surface area contributed by atoms with Crippen LogP contribution in [0, 0.1) is 11.8 Å². The fraction of sp³-hybridized carbons (Fsp3) is 0.647. The SMILES string of the molecule is CCC(C)CC(CNCCOC)Cc1ccccc1Br. The fourth-order valence-corrected chi connectivity index (χ4v) is 2.88. The van der Waals surface area contributed by atoms with Crippen molar-refractivity contribution in [1.29, 1.82) is 0 Å². The van der Waals surface area contributed by atoms with Crippen molar-refractivity contribution in [3.05, 3.63) is 34.3 Å². The Kier molecular flexibility index (Phi) is 9.16. The zero-order chi connectivity index (χ0) is 14.8. The molecule has 114 valence electrons. The van der Waals surface area contributed by atoms with Gasteiger partial charge in [-0.25, -0.2) is 0 Å². The van der Waals surface area contributed by atoms with Crippen LogP contribution in [-0.2, 0) is 11.2 Å². The van der Waals surface area contributed by atoms with E-state index in [1.807, 2.05) is 0 Å². The number of benzene rings is 1. The van der Waals surface area contributed by atoms with Crippen LogP contribution in [0.25, 0.3) is 0 Å². The summed E-state index contributed by atoms with van der Waals surface area (Å²) in [6, 6.07) is 8.56. The van der Waals surface area contributed by atoms with Gasteiger partial charge in [-0.15, -0.1) is 0 Å². The van der Waals surface area contributed by atoms with E-state index in [4.69, 9.17) is 4.74 Å². The van der Waals surface area contributed by atoms with Crippen LogP contribution in [0.15, 0.2) is 28.7 Å². The molecule has 1 rings (SSSR count). The zero-order valence-electron chi connectivity index (χ0n) is 13.0. The summed E-state index contributed by atoms with van der Waals surface area (Å²) in [7, 11) is 1.75. The van der Waals surface area contributed by atoms with Gasteiger partial charge in [0.15, 0.2) is 0 Å². The monoisotopic (exact) mass is 341 g/mol. The zero-order valence-corrected chi connectivity index (χ0v) is 14.6. The van der Waals surface area contributed by atoms with E-state index in [0.29, 0.717) is 5.92 Å². The highest BCUT2D eigenvalue weighted by Gasteiger charge is 2.14. The molecule has 2 atom stereocenters. The number of rotatable bonds is 10. The van der Waals surface area contributed by atoms with Crippen LogP contribution in [0.3, 0.4) is 0 Å². The maximum atomic E-state index is 5.09. The number of ether oxygens (including phenoxy) is 1. The molecule has 0 aliphatic carbocycles. The molecule has 2 unspecified atom stereocenters. The summed E-state index contributed by atoms with van der Waals surface area (Å²) < 4.78 is 6.32. The second kappa shape index (κ2) is 10.4. The van der Waals surface area contributed by atoms with Gasteiger partial charge in [-0.1, -0.05) is 54.4 Å². The number of halogens is 1. The van der Waals surface area contributed by atoms with Crippen LogP contribution in [0.5, 0.6) is 0 Å². The molecule has 0 radical (unpaired) electrons. The van der Waals surface area contributed by atoms with Crippen molar-refractivity contribution in [2.75, 3.05) is 26.8 Å². The standard InChI is InChI=1S/C17H28BrNO/c1-4-14(2)11-15(13-19-9-10-20-3)12-16-7-5-6-8-17(16)18/h5-8,14-15,19H,4,9-13H2,1-3H3. The van der Waals surface area contributed by atoms with E-state index < -0.39 is 0 Å². The Labute approximate surface area is 132 Å². The highest BCUT2D eigenvalue weighted by atomic mass is 79.9. The lowest BCUT2D eigenvalue weighted by Crippen LogP contribution is -2.28. The Hall–Kier alpha value is -0.380. The molecule has 0 aromatic heterocycles. The maximum Gasteiger partial charge on any atom is 0.0587 e. The molecule has 0 saturated carbocycles. The lowest BCUT2D eigenvalue weighted by Gasteiger charge is -2.21. The summed E-state index contributed by atoms with van der Waals surface area (Å²) in [4.78, 5) is 0. The van der Waals surface area contributed by atoms with Crippen LogP contribution in [-0.4, -0.2) is 26.8 Å². The minimum Gasteiger partial charge on any atom is -0.383 e. The van der Waals surface area contributed by atoms with Gasteiger partial charge in [-0.05, 0) is 42.9 Å². The lowest BCUT2D eigenvalue weighted by molar-refractivity contribution is 0.196. The van der Waals surface area contributed by atoms with Gasteiger partial charge in [0.05, 0.1) is 6.61 Å². The highest BCUT2D eigenvalue weighted by Crippen LogP contribution is 2.23. The molecular weight excluding hydrogens is 314 g/mol. The van der Waals surface area contributed by atoms with E-state index in [9.17, 15) is 0 Å². The molecule has 20 heavy (non-hydrogen) atoms. The van der Waals surface area contributed by atoms with Gasteiger partial charge < -0.3 is 10.1 Å². The van der Waals surface area contributed by atoms with Crippen molar-refractivity contribution in [1.82, 2.24) is 5.32 Å². The Morgan fingerprint density at radius 2 is 2.05 bits per heavy atom. The largest absolute Gasteiger partial charge is 0.383 e. The molecule has 0 aliphatic heterocycles. The van der Waals surface area contributed by atoms with Crippen LogP contribution in [0.2, 0.25) is 0 Å². The number of nitrogens with one attached hydrogen (secondary N) is 1. The van der Waals surface area contributed by atoms with Gasteiger partial charge in [0.1, 0.15) is 0 Å². The minimum absolute atomic E-state index is 0.681. The van der Waals surface area contributed by atoms with E-state index >= 15 is 0 Å². The first-order valence-corrected chi connectivity index (χ1v) is 8.39. The Morgan fingerprint density at radius 1 is 1.30 bits per heavy atom. The number of hydrogen-bond acceptors (Lipinski definition) is 2. The Balaban J connectivity index is 2.55. The predicted molar refractivity (Wildman–Crippen MR) is 90.2 cm³/mol. The molecule has 0 amide bonds. The van der Waals surface area contributed by atoms with Gasteiger partial charge in [0.25, 0.3) is 0 Å². The molecule has 0 saturated heterocycles. The molecule has 1 aromatic rings. The number of methoxy groups -OCH3 is 1. The molecule has 0 aliphatic rings. The minimum atomic E-state index is 0.681.